The largest absolute Gasteiger partial charge is 0.481 e. The Hall–Kier alpha value is -1.91. The summed E-state index contributed by atoms with van der Waals surface area (Å²) in [6, 6.07) is 4.14. The fourth-order valence-electron chi connectivity index (χ4n) is 4.49. The highest BCUT2D eigenvalue weighted by atomic mass is 16.4. The molecule has 1 heterocycles. The molecule has 22 heavy (non-hydrogen) atoms. The first-order valence-corrected chi connectivity index (χ1v) is 8.07. The van der Waals surface area contributed by atoms with Crippen molar-refractivity contribution in [3.8, 4) is 0 Å². The molecule has 0 saturated heterocycles. The van der Waals surface area contributed by atoms with Crippen molar-refractivity contribution >= 4 is 11.9 Å². The van der Waals surface area contributed by atoms with Crippen molar-refractivity contribution in [2.45, 2.75) is 38.1 Å². The van der Waals surface area contributed by atoms with Crippen LogP contribution in [0, 0.1) is 23.7 Å². The Morgan fingerprint density at radius 1 is 1.18 bits per heavy atom. The van der Waals surface area contributed by atoms with Crippen molar-refractivity contribution < 1.29 is 14.7 Å². The lowest BCUT2D eigenvalue weighted by molar-refractivity contribution is -0.141. The Morgan fingerprint density at radius 3 is 2.82 bits per heavy atom. The van der Waals surface area contributed by atoms with Crippen LogP contribution in [0.15, 0.2) is 18.3 Å². The predicted octanol–water partition coefficient (Wildman–Crippen LogP) is 1.41. The maximum absolute atomic E-state index is 12.5. The first-order valence-electron chi connectivity index (χ1n) is 8.07. The average Bonchev–Trinajstić information content (AvgIpc) is 3.06. The smallest absolute Gasteiger partial charge is 0.306 e. The quantitative estimate of drug-likeness (QED) is 0.884. The fraction of sp³-hybridized carbons (Fsp3) is 0.588. The maximum Gasteiger partial charge on any atom is 0.306 e. The highest BCUT2D eigenvalue weighted by Crippen LogP contribution is 2.49. The zero-order valence-electron chi connectivity index (χ0n) is 12.4. The standard InChI is InChI=1S/C17H20N2O3/c20-16(11-4-9-2-1-3-18-14(9)8-11)19-15-7-10-5-12(17(21)22)6-13(10)15/h1-3,10-13,15H,4-8H2,(H,19,20)(H,21,22)/t10-,11?,12?,13-,15-/m1/s1. The molecule has 2 unspecified atom stereocenters. The number of hydrogen-bond donors (Lipinski definition) is 2. The lowest BCUT2D eigenvalue weighted by Crippen LogP contribution is -2.51. The number of carboxylic acids is 1. The molecule has 3 aliphatic rings. The number of rotatable bonds is 3. The van der Waals surface area contributed by atoms with E-state index in [4.69, 9.17) is 5.11 Å². The summed E-state index contributed by atoms with van der Waals surface area (Å²) in [5.41, 5.74) is 2.22. The Bertz CT molecular complexity index is 605. The molecule has 5 nitrogen and oxygen atoms in total. The predicted molar refractivity (Wildman–Crippen MR) is 79.0 cm³/mol. The first kappa shape index (κ1) is 13.7. The Labute approximate surface area is 129 Å². The van der Waals surface area contributed by atoms with Crippen LogP contribution in [0.1, 0.15) is 30.5 Å². The van der Waals surface area contributed by atoms with Gasteiger partial charge in [0.25, 0.3) is 0 Å². The van der Waals surface area contributed by atoms with E-state index in [9.17, 15) is 9.59 Å². The van der Waals surface area contributed by atoms with Crippen LogP contribution in [-0.4, -0.2) is 28.0 Å². The number of hydrogen-bond acceptors (Lipinski definition) is 3. The van der Waals surface area contributed by atoms with Crippen LogP contribution in [-0.2, 0) is 22.4 Å². The molecule has 5 atom stereocenters. The third kappa shape index (κ3) is 2.19. The molecule has 1 aromatic rings. The number of amides is 1. The van der Waals surface area contributed by atoms with Gasteiger partial charge < -0.3 is 10.4 Å². The minimum absolute atomic E-state index is 0.0133. The van der Waals surface area contributed by atoms with Crippen LogP contribution in [0.3, 0.4) is 0 Å². The van der Waals surface area contributed by atoms with Crippen LogP contribution in [0.25, 0.3) is 0 Å². The summed E-state index contributed by atoms with van der Waals surface area (Å²) in [4.78, 5) is 27.9. The van der Waals surface area contributed by atoms with E-state index in [0.29, 0.717) is 11.8 Å². The second-order valence-corrected chi connectivity index (χ2v) is 7.00. The van der Waals surface area contributed by atoms with Gasteiger partial charge in [-0.25, -0.2) is 0 Å². The van der Waals surface area contributed by atoms with Crippen molar-refractivity contribution in [3.05, 3.63) is 29.6 Å². The second kappa shape index (κ2) is 5.07. The summed E-state index contributed by atoms with van der Waals surface area (Å²) < 4.78 is 0. The third-order valence-electron chi connectivity index (χ3n) is 5.76. The van der Waals surface area contributed by atoms with Crippen molar-refractivity contribution in [1.29, 1.82) is 0 Å². The van der Waals surface area contributed by atoms with Gasteiger partial charge in [-0.05, 0) is 49.1 Å². The van der Waals surface area contributed by atoms with E-state index >= 15 is 0 Å². The van der Waals surface area contributed by atoms with Gasteiger partial charge in [0.2, 0.25) is 5.91 Å². The van der Waals surface area contributed by atoms with Crippen molar-refractivity contribution in [2.75, 3.05) is 0 Å². The molecule has 0 radical (unpaired) electrons. The summed E-state index contributed by atoms with van der Waals surface area (Å²) in [5.74, 6) is 0.0651. The van der Waals surface area contributed by atoms with Gasteiger partial charge in [-0.15, -0.1) is 0 Å². The topological polar surface area (TPSA) is 79.3 Å². The molecule has 0 bridgehead atoms. The van der Waals surface area contributed by atoms with E-state index in [1.165, 1.54) is 5.56 Å². The maximum atomic E-state index is 12.5. The van der Waals surface area contributed by atoms with Gasteiger partial charge in [0.05, 0.1) is 5.92 Å². The van der Waals surface area contributed by atoms with Gasteiger partial charge in [0, 0.05) is 30.3 Å². The number of aromatic nitrogens is 1. The molecular weight excluding hydrogens is 280 g/mol. The van der Waals surface area contributed by atoms with Crippen LogP contribution < -0.4 is 5.32 Å². The molecule has 1 amide bonds. The van der Waals surface area contributed by atoms with Gasteiger partial charge in [0.1, 0.15) is 0 Å². The van der Waals surface area contributed by atoms with E-state index in [1.54, 1.807) is 6.20 Å². The highest BCUT2D eigenvalue weighted by molar-refractivity contribution is 5.80. The number of fused-ring (bicyclic) bond motifs is 2. The minimum atomic E-state index is -0.684. The molecule has 3 aliphatic carbocycles. The molecule has 0 spiro atoms. The summed E-state index contributed by atoms with van der Waals surface area (Å²) in [6.07, 6.45) is 5.72. The third-order valence-corrected chi connectivity index (χ3v) is 5.76. The number of nitrogens with zero attached hydrogens (tertiary/aromatic N) is 1. The minimum Gasteiger partial charge on any atom is -0.481 e. The number of carboxylic acid groups (broad SMARTS) is 1. The monoisotopic (exact) mass is 300 g/mol. The highest BCUT2D eigenvalue weighted by Gasteiger charge is 2.50. The molecular formula is C17H20N2O3. The van der Waals surface area contributed by atoms with Gasteiger partial charge >= 0.3 is 5.97 Å². The van der Waals surface area contributed by atoms with E-state index in [0.717, 1.165) is 37.8 Å². The number of pyridine rings is 1. The van der Waals surface area contributed by atoms with E-state index in [-0.39, 0.29) is 23.8 Å². The second-order valence-electron chi connectivity index (χ2n) is 7.00. The molecule has 2 N–H and O–H groups in total. The van der Waals surface area contributed by atoms with Gasteiger partial charge in [-0.1, -0.05) is 6.07 Å². The Balaban J connectivity index is 1.34. The van der Waals surface area contributed by atoms with Crippen LogP contribution in [0.5, 0.6) is 0 Å². The molecule has 116 valence electrons. The molecule has 1 aromatic heterocycles. The zero-order chi connectivity index (χ0) is 15.3. The van der Waals surface area contributed by atoms with Gasteiger partial charge in [-0.2, -0.15) is 0 Å². The van der Waals surface area contributed by atoms with Gasteiger partial charge in [0.15, 0.2) is 0 Å². The van der Waals surface area contributed by atoms with E-state index < -0.39 is 5.97 Å². The molecule has 5 heteroatoms. The fourth-order valence-corrected chi connectivity index (χ4v) is 4.49. The summed E-state index contributed by atoms with van der Waals surface area (Å²) in [6.45, 7) is 0. The number of carbonyl (C=O) groups excluding carboxylic acids is 1. The van der Waals surface area contributed by atoms with Crippen LogP contribution in [0.2, 0.25) is 0 Å². The number of carbonyl (C=O) groups is 2. The summed E-state index contributed by atoms with van der Waals surface area (Å²) >= 11 is 0. The molecule has 0 aliphatic heterocycles. The van der Waals surface area contributed by atoms with E-state index in [2.05, 4.69) is 10.3 Å². The van der Waals surface area contributed by atoms with E-state index in [1.807, 2.05) is 12.1 Å². The van der Waals surface area contributed by atoms with Gasteiger partial charge in [-0.3, -0.25) is 14.6 Å². The lowest BCUT2D eigenvalue weighted by atomic mass is 9.71. The SMILES string of the molecule is O=C(O)C1C[C@@H]2C[C@@H](NC(=O)C3Cc4cccnc4C3)[C@@H]2C1. The lowest BCUT2D eigenvalue weighted by Gasteiger charge is -2.41. The van der Waals surface area contributed by atoms with Crippen molar-refractivity contribution in [2.24, 2.45) is 23.7 Å². The average molecular weight is 300 g/mol. The molecule has 0 aromatic carbocycles. The first-order chi connectivity index (χ1) is 10.6. The zero-order valence-corrected chi connectivity index (χ0v) is 12.4. The Morgan fingerprint density at radius 2 is 2.05 bits per heavy atom. The van der Waals surface area contributed by atoms with Crippen LogP contribution in [0.4, 0.5) is 0 Å². The molecule has 4 rings (SSSR count). The number of nitrogens with one attached hydrogen (secondary N) is 1. The normalized spacial score (nSPS) is 35.4. The number of aliphatic carboxylic acids is 1. The summed E-state index contributed by atoms with van der Waals surface area (Å²) in [7, 11) is 0. The summed E-state index contributed by atoms with van der Waals surface area (Å²) in [5, 5.41) is 12.3. The Kier molecular flexibility index (Phi) is 3.17. The van der Waals surface area contributed by atoms with Crippen molar-refractivity contribution in [3.63, 3.8) is 0 Å². The van der Waals surface area contributed by atoms with Crippen LogP contribution >= 0.6 is 0 Å². The molecule has 2 saturated carbocycles. The van der Waals surface area contributed by atoms with Crippen molar-refractivity contribution in [1.82, 2.24) is 10.3 Å². The molecule has 2 fully saturated rings.